The highest BCUT2D eigenvalue weighted by Crippen LogP contribution is 2.25. The van der Waals surface area contributed by atoms with Crippen molar-refractivity contribution in [1.82, 2.24) is 9.80 Å². The molecule has 2 heterocycles. The van der Waals surface area contributed by atoms with Crippen molar-refractivity contribution < 1.29 is 9.59 Å². The molecule has 5 nitrogen and oxygen atoms in total. The minimum Gasteiger partial charge on any atom is -0.368 e. The van der Waals surface area contributed by atoms with E-state index in [2.05, 4.69) is 4.90 Å². The number of carbonyl (C=O) groups excluding carboxylic acids is 2. The Morgan fingerprint density at radius 1 is 1.21 bits per heavy atom. The van der Waals surface area contributed by atoms with Crippen molar-refractivity contribution in [2.24, 2.45) is 0 Å². The van der Waals surface area contributed by atoms with Crippen LogP contribution < -0.4 is 4.90 Å². The van der Waals surface area contributed by atoms with Crippen LogP contribution in [0.5, 0.6) is 0 Å². The minimum absolute atomic E-state index is 0.0710. The molecule has 0 N–H and O–H groups in total. The van der Waals surface area contributed by atoms with Crippen molar-refractivity contribution in [3.63, 3.8) is 0 Å². The summed E-state index contributed by atoms with van der Waals surface area (Å²) in [7, 11) is 0. The maximum atomic E-state index is 12.9. The number of hydrogen-bond donors (Lipinski definition) is 0. The first-order valence-electron chi connectivity index (χ1n) is 8.58. The molecule has 2 aliphatic rings. The van der Waals surface area contributed by atoms with E-state index in [0.717, 1.165) is 23.8 Å². The van der Waals surface area contributed by atoms with E-state index in [9.17, 15) is 9.59 Å². The van der Waals surface area contributed by atoms with E-state index in [1.54, 1.807) is 4.90 Å². The Kier molecular flexibility index (Phi) is 4.99. The average Bonchev–Trinajstić information content (AvgIpc) is 2.96. The number of nitrogens with zero attached hydrogens (tertiary/aromatic N) is 3. The fourth-order valence-corrected chi connectivity index (χ4v) is 3.85. The Morgan fingerprint density at radius 3 is 2.54 bits per heavy atom. The molecule has 2 aliphatic heterocycles. The molecule has 2 amide bonds. The summed E-state index contributed by atoms with van der Waals surface area (Å²) in [6.45, 7) is 6.88. The third kappa shape index (κ3) is 3.36. The first kappa shape index (κ1) is 17.1. The lowest BCUT2D eigenvalue weighted by molar-refractivity contribution is -0.143. The van der Waals surface area contributed by atoms with Crippen LogP contribution >= 0.6 is 11.6 Å². The number of halogens is 1. The number of rotatable bonds is 3. The summed E-state index contributed by atoms with van der Waals surface area (Å²) < 4.78 is 0. The van der Waals surface area contributed by atoms with E-state index < -0.39 is 0 Å². The Morgan fingerprint density at radius 2 is 1.92 bits per heavy atom. The van der Waals surface area contributed by atoms with Gasteiger partial charge in [0.25, 0.3) is 0 Å². The van der Waals surface area contributed by atoms with Crippen LogP contribution in [0.4, 0.5) is 5.69 Å². The number of piperazine rings is 1. The molecule has 0 radical (unpaired) electrons. The van der Waals surface area contributed by atoms with E-state index in [1.165, 1.54) is 0 Å². The Bertz CT molecular complexity index is 626. The van der Waals surface area contributed by atoms with Gasteiger partial charge in [0.15, 0.2) is 0 Å². The van der Waals surface area contributed by atoms with Gasteiger partial charge in [-0.2, -0.15) is 0 Å². The summed E-state index contributed by atoms with van der Waals surface area (Å²) >= 11 is 6.06. The normalized spacial score (nSPS) is 21.8. The van der Waals surface area contributed by atoms with Gasteiger partial charge in [0.1, 0.15) is 6.04 Å². The van der Waals surface area contributed by atoms with Gasteiger partial charge in [-0.15, -0.1) is 0 Å². The largest absolute Gasteiger partial charge is 0.368 e. The molecule has 2 saturated heterocycles. The van der Waals surface area contributed by atoms with Crippen molar-refractivity contribution in [2.75, 3.05) is 31.1 Å². The fourth-order valence-electron chi connectivity index (χ4n) is 3.66. The zero-order valence-corrected chi connectivity index (χ0v) is 15.0. The summed E-state index contributed by atoms with van der Waals surface area (Å²) in [5.74, 6) is 0.196. The number of carbonyl (C=O) groups is 2. The molecule has 1 aromatic carbocycles. The van der Waals surface area contributed by atoms with Crippen LogP contribution in [0.2, 0.25) is 5.02 Å². The predicted molar refractivity (Wildman–Crippen MR) is 95.2 cm³/mol. The summed E-state index contributed by atoms with van der Waals surface area (Å²) in [5, 5.41) is 0.725. The zero-order valence-electron chi connectivity index (χ0n) is 14.2. The lowest BCUT2D eigenvalue weighted by atomic mass is 10.1. The molecule has 0 aromatic heterocycles. The summed E-state index contributed by atoms with van der Waals surface area (Å²) in [6.07, 6.45) is 1.13. The maximum Gasteiger partial charge on any atom is 0.245 e. The van der Waals surface area contributed by atoms with E-state index >= 15 is 0 Å². The van der Waals surface area contributed by atoms with E-state index in [4.69, 9.17) is 11.6 Å². The molecule has 1 aromatic rings. The molecule has 6 heteroatoms. The monoisotopic (exact) mass is 349 g/mol. The second kappa shape index (κ2) is 7.01. The highest BCUT2D eigenvalue weighted by molar-refractivity contribution is 6.30. The van der Waals surface area contributed by atoms with Gasteiger partial charge >= 0.3 is 0 Å². The Hall–Kier alpha value is -1.75. The van der Waals surface area contributed by atoms with Crippen molar-refractivity contribution in [2.45, 2.75) is 38.8 Å². The van der Waals surface area contributed by atoms with E-state index in [-0.39, 0.29) is 23.9 Å². The summed E-state index contributed by atoms with van der Waals surface area (Å²) in [6, 6.07) is 7.59. The third-order valence-corrected chi connectivity index (χ3v) is 5.10. The fraction of sp³-hybridized carbons (Fsp3) is 0.556. The zero-order chi connectivity index (χ0) is 17.3. The number of amides is 2. The maximum absolute atomic E-state index is 12.9. The van der Waals surface area contributed by atoms with E-state index in [0.29, 0.717) is 25.9 Å². The summed E-state index contributed by atoms with van der Waals surface area (Å²) in [4.78, 5) is 30.8. The molecular formula is C18H24ClN3O2. The third-order valence-electron chi connectivity index (χ3n) is 4.86. The van der Waals surface area contributed by atoms with Crippen LogP contribution in [-0.2, 0) is 9.59 Å². The van der Waals surface area contributed by atoms with Crippen LogP contribution in [0.3, 0.4) is 0 Å². The molecule has 0 unspecified atom stereocenters. The second-order valence-electron chi connectivity index (χ2n) is 6.74. The number of benzene rings is 1. The average molecular weight is 350 g/mol. The molecule has 130 valence electrons. The standard InChI is InChI=1S/C18H24ClN3O2/c1-13(2)22-16(6-7-17(22)23)18(24)21-10-8-20(9-11-21)15-5-3-4-14(19)12-15/h3-5,12-13,16H,6-11H2,1-2H3/t16-/m0/s1. The highest BCUT2D eigenvalue weighted by Gasteiger charge is 2.40. The van der Waals surface area contributed by atoms with Gasteiger partial charge in [0.05, 0.1) is 0 Å². The highest BCUT2D eigenvalue weighted by atomic mass is 35.5. The molecule has 0 aliphatic carbocycles. The Balaban J connectivity index is 1.62. The van der Waals surface area contributed by atoms with Crippen molar-refractivity contribution in [3.8, 4) is 0 Å². The topological polar surface area (TPSA) is 43.9 Å². The molecular weight excluding hydrogens is 326 g/mol. The quantitative estimate of drug-likeness (QED) is 0.841. The van der Waals surface area contributed by atoms with Crippen molar-refractivity contribution in [1.29, 1.82) is 0 Å². The van der Waals surface area contributed by atoms with Crippen LogP contribution in [-0.4, -0.2) is 59.9 Å². The summed E-state index contributed by atoms with van der Waals surface area (Å²) in [5.41, 5.74) is 1.09. The van der Waals surface area contributed by atoms with Gasteiger partial charge in [-0.3, -0.25) is 9.59 Å². The lowest BCUT2D eigenvalue weighted by Gasteiger charge is -2.39. The molecule has 2 fully saturated rings. The molecule has 0 spiro atoms. The molecule has 3 rings (SSSR count). The molecule has 24 heavy (non-hydrogen) atoms. The van der Waals surface area contributed by atoms with Crippen LogP contribution in [0, 0.1) is 0 Å². The second-order valence-corrected chi connectivity index (χ2v) is 7.18. The smallest absolute Gasteiger partial charge is 0.245 e. The number of hydrogen-bond acceptors (Lipinski definition) is 3. The van der Waals surface area contributed by atoms with E-state index in [1.807, 2.05) is 43.0 Å². The van der Waals surface area contributed by atoms with Crippen molar-refractivity contribution >= 4 is 29.1 Å². The van der Waals surface area contributed by atoms with Gasteiger partial charge in [0.2, 0.25) is 11.8 Å². The van der Waals surface area contributed by atoms with Crippen LogP contribution in [0.25, 0.3) is 0 Å². The number of anilines is 1. The number of likely N-dealkylation sites (tertiary alicyclic amines) is 1. The lowest BCUT2D eigenvalue weighted by Crippen LogP contribution is -2.55. The predicted octanol–water partition coefficient (Wildman–Crippen LogP) is 2.39. The Labute approximate surface area is 148 Å². The molecule has 1 atom stereocenters. The van der Waals surface area contributed by atoms with Crippen LogP contribution in [0.15, 0.2) is 24.3 Å². The van der Waals surface area contributed by atoms with Gasteiger partial charge in [-0.05, 0) is 38.5 Å². The van der Waals surface area contributed by atoms with Gasteiger partial charge in [0, 0.05) is 49.4 Å². The first-order valence-corrected chi connectivity index (χ1v) is 8.95. The molecule has 0 saturated carbocycles. The minimum atomic E-state index is -0.282. The van der Waals surface area contributed by atoms with Gasteiger partial charge < -0.3 is 14.7 Å². The van der Waals surface area contributed by atoms with Crippen LogP contribution in [0.1, 0.15) is 26.7 Å². The SMILES string of the molecule is CC(C)N1C(=O)CC[C@H]1C(=O)N1CCN(c2cccc(Cl)c2)CC1. The first-order chi connectivity index (χ1) is 11.5. The van der Waals surface area contributed by atoms with Gasteiger partial charge in [-0.25, -0.2) is 0 Å². The molecule has 0 bridgehead atoms. The van der Waals surface area contributed by atoms with Crippen molar-refractivity contribution in [3.05, 3.63) is 29.3 Å². The van der Waals surface area contributed by atoms with Gasteiger partial charge in [-0.1, -0.05) is 17.7 Å².